The Bertz CT molecular complexity index is 862. The Morgan fingerprint density at radius 3 is 2.60 bits per heavy atom. The number of fused-ring (bicyclic) bond motifs is 1. The minimum Gasteiger partial charge on any atom is -0.505 e. The van der Waals surface area contributed by atoms with Gasteiger partial charge in [-0.2, -0.15) is 0 Å². The number of rotatable bonds is 2. The van der Waals surface area contributed by atoms with Crippen LogP contribution in [-0.2, 0) is 9.59 Å². The molecule has 130 valence electrons. The van der Waals surface area contributed by atoms with E-state index in [0.717, 1.165) is 5.57 Å². The Hall–Kier alpha value is -2.49. The van der Waals surface area contributed by atoms with Crippen LogP contribution in [0.15, 0.2) is 53.6 Å². The summed E-state index contributed by atoms with van der Waals surface area (Å²) in [7, 11) is 0. The van der Waals surface area contributed by atoms with E-state index in [1.807, 2.05) is 6.08 Å². The van der Waals surface area contributed by atoms with Crippen LogP contribution in [0.2, 0.25) is 0 Å². The highest BCUT2D eigenvalue weighted by Crippen LogP contribution is 2.57. The lowest BCUT2D eigenvalue weighted by Gasteiger charge is -2.48. The lowest BCUT2D eigenvalue weighted by molar-refractivity contribution is -0.138. The fourth-order valence-corrected chi connectivity index (χ4v) is 4.32. The van der Waals surface area contributed by atoms with E-state index >= 15 is 0 Å². The maximum atomic E-state index is 14.0. The first-order valence-electron chi connectivity index (χ1n) is 8.31. The topological polar surface area (TPSA) is 54.4 Å². The molecule has 2 aliphatic rings. The summed E-state index contributed by atoms with van der Waals surface area (Å²) in [5.41, 5.74) is 0.893. The summed E-state index contributed by atoms with van der Waals surface area (Å²) >= 11 is 0. The van der Waals surface area contributed by atoms with Gasteiger partial charge in [-0.1, -0.05) is 37.8 Å². The molecule has 0 saturated carbocycles. The molecular weight excluding hydrogens is 319 g/mol. The summed E-state index contributed by atoms with van der Waals surface area (Å²) < 4.78 is 14.0. The summed E-state index contributed by atoms with van der Waals surface area (Å²) in [6.07, 6.45) is 3.92. The second-order valence-electron chi connectivity index (χ2n) is 7.03. The molecule has 0 saturated heterocycles. The second kappa shape index (κ2) is 5.80. The van der Waals surface area contributed by atoms with Gasteiger partial charge in [0.25, 0.3) is 0 Å². The SMILES string of the molecule is C=CC1=CC[C@H]2C(=O)C(C)=C(C)C(=O)[C@@]2(C)[C@H]1c1cccc(F)c1O. The van der Waals surface area contributed by atoms with Gasteiger partial charge in [-0.25, -0.2) is 4.39 Å². The van der Waals surface area contributed by atoms with Crippen molar-refractivity contribution in [1.29, 1.82) is 0 Å². The van der Waals surface area contributed by atoms with Gasteiger partial charge in [-0.3, -0.25) is 9.59 Å². The average molecular weight is 340 g/mol. The first-order chi connectivity index (χ1) is 11.7. The van der Waals surface area contributed by atoms with Crippen molar-refractivity contribution in [2.75, 3.05) is 0 Å². The third-order valence-corrected chi connectivity index (χ3v) is 5.89. The Morgan fingerprint density at radius 1 is 1.28 bits per heavy atom. The first-order valence-corrected chi connectivity index (χ1v) is 8.31. The molecular formula is C21H21FO3. The predicted molar refractivity (Wildman–Crippen MR) is 93.7 cm³/mol. The molecule has 1 N–H and O–H groups in total. The molecule has 0 radical (unpaired) electrons. The molecule has 0 fully saturated rings. The van der Waals surface area contributed by atoms with Gasteiger partial charge in [0.2, 0.25) is 0 Å². The van der Waals surface area contributed by atoms with Crippen molar-refractivity contribution in [3.8, 4) is 5.75 Å². The molecule has 0 heterocycles. The lowest BCUT2D eigenvalue weighted by Crippen LogP contribution is -2.50. The molecule has 3 rings (SSSR count). The lowest BCUT2D eigenvalue weighted by atomic mass is 9.52. The van der Waals surface area contributed by atoms with Crippen molar-refractivity contribution >= 4 is 11.6 Å². The van der Waals surface area contributed by atoms with E-state index in [0.29, 0.717) is 23.1 Å². The fraction of sp³-hybridized carbons (Fsp3) is 0.333. The normalized spacial score (nSPS) is 29.4. The summed E-state index contributed by atoms with van der Waals surface area (Å²) in [4.78, 5) is 26.1. The monoisotopic (exact) mass is 340 g/mol. The van der Waals surface area contributed by atoms with Crippen LogP contribution in [0.25, 0.3) is 0 Å². The zero-order valence-electron chi connectivity index (χ0n) is 14.6. The number of aromatic hydroxyl groups is 1. The molecule has 3 nitrogen and oxygen atoms in total. The number of carbonyl (C=O) groups excluding carboxylic acids is 2. The number of phenolic OH excluding ortho intramolecular Hbond substituents is 1. The van der Waals surface area contributed by atoms with E-state index in [2.05, 4.69) is 6.58 Å². The van der Waals surface area contributed by atoms with Crippen molar-refractivity contribution in [2.45, 2.75) is 33.1 Å². The van der Waals surface area contributed by atoms with Crippen LogP contribution in [0.5, 0.6) is 5.75 Å². The molecule has 1 aromatic rings. The first kappa shape index (κ1) is 17.3. The van der Waals surface area contributed by atoms with Gasteiger partial charge < -0.3 is 5.11 Å². The third kappa shape index (κ3) is 2.24. The minimum atomic E-state index is -1.08. The predicted octanol–water partition coefficient (Wildman–Crippen LogP) is 4.24. The third-order valence-electron chi connectivity index (χ3n) is 5.89. The molecule has 0 unspecified atom stereocenters. The van der Waals surface area contributed by atoms with Crippen LogP contribution in [0, 0.1) is 17.2 Å². The van der Waals surface area contributed by atoms with Crippen molar-refractivity contribution < 1.29 is 19.1 Å². The molecule has 1 aromatic carbocycles. The van der Waals surface area contributed by atoms with Crippen LogP contribution in [0.3, 0.4) is 0 Å². The molecule has 0 bridgehead atoms. The van der Waals surface area contributed by atoms with Gasteiger partial charge in [0, 0.05) is 17.4 Å². The summed E-state index contributed by atoms with van der Waals surface area (Å²) in [5, 5.41) is 10.3. The molecule has 25 heavy (non-hydrogen) atoms. The minimum absolute atomic E-state index is 0.0557. The number of carbonyl (C=O) groups is 2. The van der Waals surface area contributed by atoms with E-state index in [-0.39, 0.29) is 11.6 Å². The number of benzene rings is 1. The summed E-state index contributed by atoms with van der Waals surface area (Å²) in [5.74, 6) is -2.56. The number of phenols is 1. The highest BCUT2D eigenvalue weighted by Gasteiger charge is 2.56. The number of ketones is 2. The molecule has 3 atom stereocenters. The van der Waals surface area contributed by atoms with Crippen LogP contribution in [0.4, 0.5) is 4.39 Å². The van der Waals surface area contributed by atoms with Crippen LogP contribution < -0.4 is 0 Å². The number of allylic oxidation sites excluding steroid dienone is 5. The molecule has 4 heteroatoms. The largest absolute Gasteiger partial charge is 0.505 e. The standard InChI is InChI=1S/C21H21FO3/c1-5-13-9-10-15-18(23)11(2)12(3)20(25)21(15,4)17(13)14-7-6-8-16(22)19(14)24/h5-9,15,17,24H,1,10H2,2-4H3/t15-,17+,21+/m0/s1. The van der Waals surface area contributed by atoms with Crippen LogP contribution >= 0.6 is 0 Å². The zero-order chi connectivity index (χ0) is 18.5. The molecule has 2 aliphatic carbocycles. The summed E-state index contributed by atoms with van der Waals surface area (Å²) in [6.45, 7) is 8.89. The van der Waals surface area contributed by atoms with Gasteiger partial charge in [-0.15, -0.1) is 0 Å². The molecule has 0 aromatic heterocycles. The van der Waals surface area contributed by atoms with Crippen molar-refractivity contribution in [3.63, 3.8) is 0 Å². The van der Waals surface area contributed by atoms with Crippen molar-refractivity contribution in [3.05, 3.63) is 65.0 Å². The molecule has 0 aliphatic heterocycles. The second-order valence-corrected chi connectivity index (χ2v) is 7.03. The smallest absolute Gasteiger partial charge is 0.166 e. The van der Waals surface area contributed by atoms with Gasteiger partial charge in [0.15, 0.2) is 23.1 Å². The van der Waals surface area contributed by atoms with Gasteiger partial charge >= 0.3 is 0 Å². The summed E-state index contributed by atoms with van der Waals surface area (Å²) in [6, 6.07) is 4.27. The van der Waals surface area contributed by atoms with E-state index in [1.165, 1.54) is 12.1 Å². The van der Waals surface area contributed by atoms with Crippen molar-refractivity contribution in [2.24, 2.45) is 11.3 Å². The van der Waals surface area contributed by atoms with Gasteiger partial charge in [0.05, 0.1) is 5.41 Å². The molecule has 0 amide bonds. The van der Waals surface area contributed by atoms with Crippen molar-refractivity contribution in [1.82, 2.24) is 0 Å². The van der Waals surface area contributed by atoms with E-state index in [1.54, 1.807) is 32.9 Å². The maximum absolute atomic E-state index is 14.0. The van der Waals surface area contributed by atoms with Crippen LogP contribution in [0.1, 0.15) is 38.7 Å². The number of halogens is 1. The van der Waals surface area contributed by atoms with E-state index < -0.39 is 28.8 Å². The van der Waals surface area contributed by atoms with E-state index in [9.17, 15) is 19.1 Å². The Morgan fingerprint density at radius 2 is 1.96 bits per heavy atom. The molecule has 0 spiro atoms. The van der Waals surface area contributed by atoms with Crippen LogP contribution in [-0.4, -0.2) is 16.7 Å². The quantitative estimate of drug-likeness (QED) is 0.876. The number of Topliss-reactive ketones (excluding diaryl/α,β-unsaturated/α-hetero) is 2. The Kier molecular flexibility index (Phi) is 4.02. The van der Waals surface area contributed by atoms with Gasteiger partial charge in [0.1, 0.15) is 0 Å². The van der Waals surface area contributed by atoms with E-state index in [4.69, 9.17) is 0 Å². The highest BCUT2D eigenvalue weighted by atomic mass is 19.1. The Balaban J connectivity index is 2.31. The number of para-hydroxylation sites is 1. The maximum Gasteiger partial charge on any atom is 0.166 e. The number of hydrogen-bond acceptors (Lipinski definition) is 3. The highest BCUT2D eigenvalue weighted by molar-refractivity contribution is 6.15. The number of hydrogen-bond donors (Lipinski definition) is 1. The average Bonchev–Trinajstić information content (AvgIpc) is 2.60. The van der Waals surface area contributed by atoms with Gasteiger partial charge in [-0.05, 0) is 43.1 Å². The Labute approximate surface area is 146 Å². The zero-order valence-corrected chi connectivity index (χ0v) is 14.6. The fourth-order valence-electron chi connectivity index (χ4n) is 4.32.